The Kier molecular flexibility index (Phi) is 8.53. The van der Waals surface area contributed by atoms with Crippen LogP contribution >= 0.6 is 0 Å². The van der Waals surface area contributed by atoms with Crippen LogP contribution in [0.25, 0.3) is 0 Å². The third-order valence-electron chi connectivity index (χ3n) is 2.01. The fraction of sp³-hybridized carbons (Fsp3) is 0.583. The molecule has 0 aromatic heterocycles. The molecular formula is C12H20O3. The molecule has 0 saturated carbocycles. The minimum absolute atomic E-state index is 0.0162. The highest BCUT2D eigenvalue weighted by Crippen LogP contribution is 2.07. The van der Waals surface area contributed by atoms with Crippen molar-refractivity contribution in [2.24, 2.45) is 0 Å². The predicted molar refractivity (Wildman–Crippen MR) is 60.4 cm³/mol. The lowest BCUT2D eigenvalue weighted by Crippen LogP contribution is -2.06. The first-order valence-corrected chi connectivity index (χ1v) is 5.27. The van der Waals surface area contributed by atoms with Crippen LogP contribution in [0.4, 0.5) is 0 Å². The Hall–Kier alpha value is -1.25. The molecule has 0 aliphatic heterocycles. The summed E-state index contributed by atoms with van der Waals surface area (Å²) < 4.78 is 9.74. The molecule has 0 fully saturated rings. The van der Waals surface area contributed by atoms with Gasteiger partial charge in [-0.25, -0.2) is 4.79 Å². The Morgan fingerprint density at radius 3 is 2.73 bits per heavy atom. The molecule has 0 aromatic carbocycles. The van der Waals surface area contributed by atoms with Crippen LogP contribution in [0, 0.1) is 0 Å². The van der Waals surface area contributed by atoms with Crippen LogP contribution in [0.2, 0.25) is 0 Å². The van der Waals surface area contributed by atoms with E-state index in [1.807, 2.05) is 0 Å². The fourth-order valence-electron chi connectivity index (χ4n) is 1.10. The number of hydrogen-bond acceptors (Lipinski definition) is 3. The summed E-state index contributed by atoms with van der Waals surface area (Å²) in [7, 11) is 1.33. The number of ether oxygens (including phenoxy) is 2. The molecule has 0 aromatic rings. The second-order valence-corrected chi connectivity index (χ2v) is 3.23. The second-order valence-electron chi connectivity index (χ2n) is 3.23. The molecule has 1 unspecified atom stereocenters. The number of esters is 1. The number of methoxy groups -OCH3 is 1. The topological polar surface area (TPSA) is 35.5 Å². The van der Waals surface area contributed by atoms with Crippen LogP contribution in [0.1, 0.15) is 32.6 Å². The molecule has 3 heteroatoms. The van der Waals surface area contributed by atoms with E-state index in [1.165, 1.54) is 32.3 Å². The zero-order valence-corrected chi connectivity index (χ0v) is 9.57. The summed E-state index contributed by atoms with van der Waals surface area (Å²) in [5.74, 6) is -0.411. The molecule has 0 aliphatic rings. The Morgan fingerprint density at radius 2 is 2.20 bits per heavy atom. The number of rotatable bonds is 8. The van der Waals surface area contributed by atoms with Crippen molar-refractivity contribution in [2.75, 3.05) is 7.11 Å². The monoisotopic (exact) mass is 212 g/mol. The molecule has 86 valence electrons. The molecule has 1 atom stereocenters. The third-order valence-corrected chi connectivity index (χ3v) is 2.01. The molecule has 0 bridgehead atoms. The summed E-state index contributed by atoms with van der Waals surface area (Å²) >= 11 is 0. The summed E-state index contributed by atoms with van der Waals surface area (Å²) in [5.41, 5.74) is 0. The summed E-state index contributed by atoms with van der Waals surface area (Å²) in [5, 5.41) is 0. The van der Waals surface area contributed by atoms with Crippen LogP contribution in [-0.4, -0.2) is 19.2 Å². The van der Waals surface area contributed by atoms with Crippen molar-refractivity contribution in [3.05, 3.63) is 25.0 Å². The van der Waals surface area contributed by atoms with E-state index in [1.54, 1.807) is 6.08 Å². The lowest BCUT2D eigenvalue weighted by atomic mass is 10.1. The van der Waals surface area contributed by atoms with Crippen LogP contribution < -0.4 is 0 Å². The van der Waals surface area contributed by atoms with Gasteiger partial charge in [0, 0.05) is 0 Å². The average Bonchev–Trinajstić information content (AvgIpc) is 2.26. The van der Waals surface area contributed by atoms with Crippen LogP contribution in [0.15, 0.2) is 25.0 Å². The molecule has 0 N–H and O–H groups in total. The highest BCUT2D eigenvalue weighted by atomic mass is 16.5. The predicted octanol–water partition coefficient (Wildman–Crippen LogP) is 2.82. The van der Waals surface area contributed by atoms with E-state index >= 15 is 0 Å². The fourth-order valence-corrected chi connectivity index (χ4v) is 1.10. The summed E-state index contributed by atoms with van der Waals surface area (Å²) in [6, 6.07) is 0. The van der Waals surface area contributed by atoms with Crippen LogP contribution in [-0.2, 0) is 14.3 Å². The molecule has 15 heavy (non-hydrogen) atoms. The molecule has 0 aliphatic carbocycles. The van der Waals surface area contributed by atoms with Crippen molar-refractivity contribution >= 4 is 5.97 Å². The molecule has 0 spiro atoms. The standard InChI is InChI=1S/C12H20O3/c1-4-6-7-8-11(5-2)15-10-9-12(13)14-3/h5,9-11H,2,4,6-8H2,1,3H3. The van der Waals surface area contributed by atoms with E-state index in [-0.39, 0.29) is 6.10 Å². The maximum absolute atomic E-state index is 10.7. The Balaban J connectivity index is 3.74. The Bertz CT molecular complexity index is 209. The zero-order valence-electron chi connectivity index (χ0n) is 9.57. The molecule has 0 amide bonds. The second kappa shape index (κ2) is 9.31. The van der Waals surface area contributed by atoms with Crippen molar-refractivity contribution < 1.29 is 14.3 Å². The first kappa shape index (κ1) is 13.8. The molecule has 0 radical (unpaired) electrons. The Morgan fingerprint density at radius 1 is 1.47 bits per heavy atom. The lowest BCUT2D eigenvalue weighted by Gasteiger charge is -2.11. The van der Waals surface area contributed by atoms with Crippen molar-refractivity contribution in [1.29, 1.82) is 0 Å². The molecular weight excluding hydrogens is 192 g/mol. The maximum Gasteiger partial charge on any atom is 0.333 e. The number of hydrogen-bond donors (Lipinski definition) is 0. The summed E-state index contributed by atoms with van der Waals surface area (Å²) in [6.07, 6.45) is 8.77. The van der Waals surface area contributed by atoms with E-state index in [0.29, 0.717) is 0 Å². The molecule has 0 heterocycles. The minimum atomic E-state index is -0.411. The molecule has 0 saturated heterocycles. The van der Waals surface area contributed by atoms with Gasteiger partial charge in [-0.15, -0.1) is 0 Å². The van der Waals surface area contributed by atoms with Crippen molar-refractivity contribution in [1.82, 2.24) is 0 Å². The lowest BCUT2D eigenvalue weighted by molar-refractivity contribution is -0.135. The van der Waals surface area contributed by atoms with E-state index in [0.717, 1.165) is 12.8 Å². The number of carbonyl (C=O) groups excluding carboxylic acids is 1. The Labute approximate surface area is 91.8 Å². The van der Waals surface area contributed by atoms with E-state index in [4.69, 9.17) is 4.74 Å². The van der Waals surface area contributed by atoms with Gasteiger partial charge in [0.15, 0.2) is 0 Å². The van der Waals surface area contributed by atoms with Gasteiger partial charge in [-0.3, -0.25) is 0 Å². The quantitative estimate of drug-likeness (QED) is 0.204. The normalized spacial score (nSPS) is 12.4. The van der Waals surface area contributed by atoms with Crippen LogP contribution in [0.3, 0.4) is 0 Å². The van der Waals surface area contributed by atoms with E-state index < -0.39 is 5.97 Å². The summed E-state index contributed by atoms with van der Waals surface area (Å²) in [6.45, 7) is 5.84. The summed E-state index contributed by atoms with van der Waals surface area (Å²) in [4.78, 5) is 10.7. The van der Waals surface area contributed by atoms with Crippen LogP contribution in [0.5, 0.6) is 0 Å². The molecule has 0 rings (SSSR count). The smallest absolute Gasteiger partial charge is 0.333 e. The number of carbonyl (C=O) groups is 1. The van der Waals surface area contributed by atoms with Gasteiger partial charge >= 0.3 is 5.97 Å². The van der Waals surface area contributed by atoms with Gasteiger partial charge in [0.2, 0.25) is 0 Å². The van der Waals surface area contributed by atoms with Crippen molar-refractivity contribution in [3.8, 4) is 0 Å². The average molecular weight is 212 g/mol. The van der Waals surface area contributed by atoms with Gasteiger partial charge in [-0.1, -0.05) is 32.4 Å². The zero-order chi connectivity index (χ0) is 11.5. The highest BCUT2D eigenvalue weighted by molar-refractivity contribution is 5.81. The van der Waals surface area contributed by atoms with Gasteiger partial charge in [0.25, 0.3) is 0 Å². The number of unbranched alkanes of at least 4 members (excludes halogenated alkanes) is 2. The van der Waals surface area contributed by atoms with E-state index in [2.05, 4.69) is 18.2 Å². The van der Waals surface area contributed by atoms with Gasteiger partial charge in [0.05, 0.1) is 19.4 Å². The first-order chi connectivity index (χ1) is 7.24. The highest BCUT2D eigenvalue weighted by Gasteiger charge is 2.02. The van der Waals surface area contributed by atoms with Crippen molar-refractivity contribution in [2.45, 2.75) is 38.7 Å². The minimum Gasteiger partial charge on any atom is -0.494 e. The van der Waals surface area contributed by atoms with E-state index in [9.17, 15) is 4.79 Å². The van der Waals surface area contributed by atoms with Gasteiger partial charge < -0.3 is 9.47 Å². The van der Waals surface area contributed by atoms with Gasteiger partial charge in [-0.2, -0.15) is 0 Å². The molecule has 3 nitrogen and oxygen atoms in total. The first-order valence-electron chi connectivity index (χ1n) is 5.27. The third kappa shape index (κ3) is 7.79. The SMILES string of the molecule is C=CC(CCCCC)OC=CC(=O)OC. The van der Waals surface area contributed by atoms with Crippen molar-refractivity contribution in [3.63, 3.8) is 0 Å². The largest absolute Gasteiger partial charge is 0.494 e. The van der Waals surface area contributed by atoms with Gasteiger partial charge in [-0.05, 0) is 12.8 Å². The van der Waals surface area contributed by atoms with Gasteiger partial charge in [0.1, 0.15) is 6.10 Å². The maximum atomic E-state index is 10.7.